The van der Waals surface area contributed by atoms with E-state index >= 15 is 0 Å². The molecule has 0 amide bonds. The maximum Gasteiger partial charge on any atom is 0.250 e. The molecule has 0 fully saturated rings. The van der Waals surface area contributed by atoms with E-state index < -0.39 is 0 Å². The second kappa shape index (κ2) is 4.97. The topological polar surface area (TPSA) is 39.8 Å². The van der Waals surface area contributed by atoms with E-state index in [4.69, 9.17) is 0 Å². The predicted octanol–water partition coefficient (Wildman–Crippen LogP) is 2.27. The number of aryl methyl sites for hydroxylation is 2. The van der Waals surface area contributed by atoms with Crippen molar-refractivity contribution in [1.29, 1.82) is 0 Å². The van der Waals surface area contributed by atoms with Crippen LogP contribution in [0.4, 0.5) is 0 Å². The first kappa shape index (κ1) is 11.6. The lowest BCUT2D eigenvalue weighted by molar-refractivity contribution is 0.515. The quantitative estimate of drug-likeness (QED) is 0.855. The van der Waals surface area contributed by atoms with Crippen LogP contribution in [0.5, 0.6) is 0 Å². The fourth-order valence-corrected chi connectivity index (χ4v) is 2.56. The number of hydrogen-bond donors (Lipinski definition) is 0. The second-order valence-electron chi connectivity index (χ2n) is 3.25. The predicted molar refractivity (Wildman–Crippen MR) is 68.3 cm³/mol. The Morgan fingerprint density at radius 1 is 1.25 bits per heavy atom. The van der Waals surface area contributed by atoms with Crippen LogP contribution < -0.4 is 5.56 Å². The summed E-state index contributed by atoms with van der Waals surface area (Å²) >= 11 is 6.69. The van der Waals surface area contributed by atoms with Crippen molar-refractivity contribution in [3.63, 3.8) is 0 Å². The van der Waals surface area contributed by atoms with Crippen molar-refractivity contribution in [2.75, 3.05) is 0 Å². The number of halogens is 2. The van der Waals surface area contributed by atoms with Crippen LogP contribution in [0.25, 0.3) is 0 Å². The van der Waals surface area contributed by atoms with E-state index in [1.54, 1.807) is 27.6 Å². The van der Waals surface area contributed by atoms with Crippen LogP contribution in [0.2, 0.25) is 0 Å². The summed E-state index contributed by atoms with van der Waals surface area (Å²) in [7, 11) is 0. The normalized spacial score (nSPS) is 10.6. The summed E-state index contributed by atoms with van der Waals surface area (Å²) in [5.41, 5.74) is 0.00449. The minimum absolute atomic E-state index is 0.00449. The van der Waals surface area contributed by atoms with E-state index in [1.165, 1.54) is 0 Å². The van der Waals surface area contributed by atoms with E-state index in [2.05, 4.69) is 37.0 Å². The molecule has 0 atom stereocenters. The monoisotopic (exact) mass is 345 g/mol. The molecule has 2 heterocycles. The zero-order valence-corrected chi connectivity index (χ0v) is 11.5. The van der Waals surface area contributed by atoms with Crippen molar-refractivity contribution >= 4 is 31.9 Å². The highest BCUT2D eigenvalue weighted by atomic mass is 79.9. The highest BCUT2D eigenvalue weighted by molar-refractivity contribution is 9.11. The summed E-state index contributed by atoms with van der Waals surface area (Å²) in [6, 6.07) is 7.00. The minimum Gasteiger partial charge on any atom is -0.314 e. The first-order valence-electron chi connectivity index (χ1n) is 4.71. The van der Waals surface area contributed by atoms with Crippen LogP contribution in [0.1, 0.15) is 0 Å². The van der Waals surface area contributed by atoms with E-state index in [-0.39, 0.29) is 5.56 Å². The third-order valence-electron chi connectivity index (χ3n) is 2.15. The summed E-state index contributed by atoms with van der Waals surface area (Å²) in [4.78, 5) is 11.4. The highest BCUT2D eigenvalue weighted by Gasteiger charge is 2.03. The zero-order valence-electron chi connectivity index (χ0n) is 8.31. The fourth-order valence-electron chi connectivity index (χ4n) is 1.37. The Labute approximate surface area is 109 Å². The molecule has 4 nitrogen and oxygen atoms in total. The Morgan fingerprint density at radius 3 is 2.69 bits per heavy atom. The molecule has 0 N–H and O–H groups in total. The molecule has 0 aromatic carbocycles. The van der Waals surface area contributed by atoms with Crippen LogP contribution in [0.3, 0.4) is 0 Å². The van der Waals surface area contributed by atoms with Gasteiger partial charge in [-0.15, -0.1) is 0 Å². The van der Waals surface area contributed by atoms with Gasteiger partial charge in [-0.05, 0) is 37.9 Å². The van der Waals surface area contributed by atoms with Crippen molar-refractivity contribution in [3.05, 3.63) is 50.0 Å². The van der Waals surface area contributed by atoms with Gasteiger partial charge in [0.1, 0.15) is 9.21 Å². The first-order chi connectivity index (χ1) is 7.66. The summed E-state index contributed by atoms with van der Waals surface area (Å²) in [5, 5.41) is 4.23. The molecule has 2 rings (SSSR count). The van der Waals surface area contributed by atoms with Crippen molar-refractivity contribution in [3.8, 4) is 0 Å². The molecule has 16 heavy (non-hydrogen) atoms. The lowest BCUT2D eigenvalue weighted by atomic mass is 10.4. The van der Waals surface area contributed by atoms with Gasteiger partial charge in [0.15, 0.2) is 0 Å². The molecule has 0 saturated carbocycles. The minimum atomic E-state index is 0.00449. The maximum atomic E-state index is 11.4. The smallest absolute Gasteiger partial charge is 0.250 e. The molecule has 6 heteroatoms. The Hall–Kier alpha value is -0.880. The third-order valence-corrected chi connectivity index (χ3v) is 3.18. The molecule has 0 aliphatic heterocycles. The first-order valence-corrected chi connectivity index (χ1v) is 6.30. The van der Waals surface area contributed by atoms with Gasteiger partial charge in [-0.3, -0.25) is 9.48 Å². The standard InChI is InChI=1S/C10H9Br2N3O/c11-8-7-9(12)15(13-8)6-5-14-4-2-1-3-10(14)16/h1-4,7H,5-6H2. The number of nitrogens with zero attached hydrogens (tertiary/aromatic N) is 3. The van der Waals surface area contributed by atoms with Gasteiger partial charge in [-0.25, -0.2) is 0 Å². The summed E-state index contributed by atoms with van der Waals surface area (Å²) in [5.74, 6) is 0. The van der Waals surface area contributed by atoms with Crippen LogP contribution >= 0.6 is 31.9 Å². The summed E-state index contributed by atoms with van der Waals surface area (Å²) < 4.78 is 5.12. The van der Waals surface area contributed by atoms with Gasteiger partial charge in [0.05, 0.1) is 6.54 Å². The van der Waals surface area contributed by atoms with Crippen molar-refractivity contribution in [2.45, 2.75) is 13.1 Å². The van der Waals surface area contributed by atoms with Crippen molar-refractivity contribution in [1.82, 2.24) is 14.3 Å². The van der Waals surface area contributed by atoms with E-state index in [0.717, 1.165) is 9.21 Å². The molecule has 0 saturated heterocycles. The Morgan fingerprint density at radius 2 is 2.06 bits per heavy atom. The molecule has 0 spiro atoms. The molecule has 0 unspecified atom stereocenters. The maximum absolute atomic E-state index is 11.4. The van der Waals surface area contributed by atoms with Gasteiger partial charge in [0.2, 0.25) is 0 Å². The SMILES string of the molecule is O=c1ccccn1CCn1nc(Br)cc1Br. The van der Waals surface area contributed by atoms with Crippen molar-refractivity contribution < 1.29 is 0 Å². The molecule has 2 aromatic rings. The van der Waals surface area contributed by atoms with Crippen LogP contribution in [-0.2, 0) is 13.1 Å². The highest BCUT2D eigenvalue weighted by Crippen LogP contribution is 2.15. The Balaban J connectivity index is 2.11. The molecular weight excluding hydrogens is 338 g/mol. The summed E-state index contributed by atoms with van der Waals surface area (Å²) in [6.45, 7) is 1.25. The second-order valence-corrected chi connectivity index (χ2v) is 4.87. The largest absolute Gasteiger partial charge is 0.314 e. The molecular formula is C10H9Br2N3O. The average Bonchev–Trinajstić information content (AvgIpc) is 2.56. The molecule has 0 radical (unpaired) electrons. The Bertz CT molecular complexity index is 547. The van der Waals surface area contributed by atoms with Gasteiger partial charge >= 0.3 is 0 Å². The molecule has 2 aromatic heterocycles. The van der Waals surface area contributed by atoms with E-state index in [0.29, 0.717) is 13.1 Å². The lowest BCUT2D eigenvalue weighted by Crippen LogP contribution is -2.20. The zero-order chi connectivity index (χ0) is 11.5. The van der Waals surface area contributed by atoms with Gasteiger partial charge in [-0.1, -0.05) is 6.07 Å². The van der Waals surface area contributed by atoms with E-state index in [9.17, 15) is 4.79 Å². The lowest BCUT2D eigenvalue weighted by Gasteiger charge is -2.05. The van der Waals surface area contributed by atoms with Crippen LogP contribution in [0, 0.1) is 0 Å². The number of rotatable bonds is 3. The summed E-state index contributed by atoms with van der Waals surface area (Å²) in [6.07, 6.45) is 1.77. The van der Waals surface area contributed by atoms with Crippen molar-refractivity contribution in [2.24, 2.45) is 0 Å². The van der Waals surface area contributed by atoms with Crippen LogP contribution in [0.15, 0.2) is 44.5 Å². The van der Waals surface area contributed by atoms with Gasteiger partial charge in [-0.2, -0.15) is 5.10 Å². The fraction of sp³-hybridized carbons (Fsp3) is 0.200. The van der Waals surface area contributed by atoms with Gasteiger partial charge in [0.25, 0.3) is 5.56 Å². The average molecular weight is 347 g/mol. The van der Waals surface area contributed by atoms with Gasteiger partial charge < -0.3 is 4.57 Å². The molecule has 84 valence electrons. The molecule has 0 aliphatic carbocycles. The van der Waals surface area contributed by atoms with Crippen LogP contribution in [-0.4, -0.2) is 14.3 Å². The number of aromatic nitrogens is 3. The Kier molecular flexibility index (Phi) is 3.60. The molecule has 0 aliphatic rings. The third kappa shape index (κ3) is 2.62. The molecule has 0 bridgehead atoms. The van der Waals surface area contributed by atoms with E-state index in [1.807, 2.05) is 12.1 Å². The van der Waals surface area contributed by atoms with Gasteiger partial charge in [0, 0.05) is 24.9 Å². The number of hydrogen-bond acceptors (Lipinski definition) is 2. The number of pyridine rings is 1.